The van der Waals surface area contributed by atoms with E-state index in [1.165, 1.54) is 11.1 Å². The Bertz CT molecular complexity index is 876. The van der Waals surface area contributed by atoms with Gasteiger partial charge in [-0.3, -0.25) is 9.78 Å². The molecule has 154 valence electrons. The van der Waals surface area contributed by atoms with E-state index in [2.05, 4.69) is 35.5 Å². The van der Waals surface area contributed by atoms with Crippen molar-refractivity contribution >= 4 is 23.4 Å². The molecule has 0 bridgehead atoms. The molecule has 1 aromatic carbocycles. The van der Waals surface area contributed by atoms with E-state index < -0.39 is 0 Å². The summed E-state index contributed by atoms with van der Waals surface area (Å²) in [6.07, 6.45) is 2.74. The van der Waals surface area contributed by atoms with Crippen LogP contribution >= 0.6 is 0 Å². The van der Waals surface area contributed by atoms with Gasteiger partial charge in [-0.15, -0.1) is 0 Å². The number of amides is 2. The van der Waals surface area contributed by atoms with Gasteiger partial charge < -0.3 is 20.3 Å². The lowest BCUT2D eigenvalue weighted by atomic mass is 10.1. The minimum absolute atomic E-state index is 0.0191. The second kappa shape index (κ2) is 9.41. The number of piperidine rings is 1. The molecule has 1 saturated heterocycles. The molecule has 1 aliphatic rings. The van der Waals surface area contributed by atoms with Gasteiger partial charge in [0.25, 0.3) is 5.91 Å². The molecule has 2 aromatic rings. The number of carbonyl (C=O) groups excluding carboxylic acids is 2. The van der Waals surface area contributed by atoms with Crippen molar-refractivity contribution in [3.05, 3.63) is 53.3 Å². The number of hydrogen-bond donors (Lipinski definition) is 2. The number of aryl methyl sites for hydroxylation is 1. The molecule has 7 heteroatoms. The first kappa shape index (κ1) is 20.6. The summed E-state index contributed by atoms with van der Waals surface area (Å²) in [7, 11) is 0. The van der Waals surface area contributed by atoms with E-state index in [-0.39, 0.29) is 18.0 Å². The molecule has 0 atom stereocenters. The Morgan fingerprint density at radius 1 is 1.21 bits per heavy atom. The van der Waals surface area contributed by atoms with E-state index in [0.717, 1.165) is 11.4 Å². The fraction of sp³-hybridized carbons (Fsp3) is 0.409. The van der Waals surface area contributed by atoms with Crippen LogP contribution in [0.1, 0.15) is 41.4 Å². The lowest BCUT2D eigenvalue weighted by Crippen LogP contribution is -2.46. The van der Waals surface area contributed by atoms with Crippen LogP contribution in [-0.2, 0) is 4.74 Å². The molecule has 29 heavy (non-hydrogen) atoms. The maximum Gasteiger partial charge on any atom is 0.409 e. The average Bonchev–Trinajstić information content (AvgIpc) is 2.72. The van der Waals surface area contributed by atoms with Crippen LogP contribution in [0.15, 0.2) is 36.5 Å². The molecule has 2 N–H and O–H groups in total. The van der Waals surface area contributed by atoms with Gasteiger partial charge in [-0.2, -0.15) is 0 Å². The molecular weight excluding hydrogens is 368 g/mol. The highest BCUT2D eigenvalue weighted by atomic mass is 16.6. The molecule has 1 aliphatic heterocycles. The lowest BCUT2D eigenvalue weighted by Gasteiger charge is -2.31. The number of benzene rings is 1. The van der Waals surface area contributed by atoms with Crippen molar-refractivity contribution in [2.24, 2.45) is 0 Å². The standard InChI is InChI=1S/C22H28N4O3/c1-4-29-22(28)26-12-9-17(10-13-26)25-21(27)20-14-18(8-11-23-20)24-19-7-5-6-15(2)16(19)3/h5-8,11,14,17H,4,9-10,12-13H2,1-3H3,(H,23,24)(H,25,27). The number of carbonyl (C=O) groups is 2. The summed E-state index contributed by atoms with van der Waals surface area (Å²) in [5.41, 5.74) is 4.57. The lowest BCUT2D eigenvalue weighted by molar-refractivity contribution is 0.0856. The Hall–Kier alpha value is -3.09. The van der Waals surface area contributed by atoms with Crippen molar-refractivity contribution in [3.63, 3.8) is 0 Å². The summed E-state index contributed by atoms with van der Waals surface area (Å²) in [6.45, 7) is 7.44. The van der Waals surface area contributed by atoms with Gasteiger partial charge in [0.1, 0.15) is 5.69 Å². The topological polar surface area (TPSA) is 83.6 Å². The molecule has 0 spiro atoms. The second-order valence-corrected chi connectivity index (χ2v) is 7.24. The van der Waals surface area contributed by atoms with E-state index >= 15 is 0 Å². The molecular formula is C22H28N4O3. The van der Waals surface area contributed by atoms with Crippen molar-refractivity contribution in [2.75, 3.05) is 25.0 Å². The van der Waals surface area contributed by atoms with Gasteiger partial charge in [0.05, 0.1) is 6.61 Å². The average molecular weight is 396 g/mol. The van der Waals surface area contributed by atoms with Crippen LogP contribution in [0.2, 0.25) is 0 Å². The number of aromatic nitrogens is 1. The summed E-state index contributed by atoms with van der Waals surface area (Å²) in [4.78, 5) is 30.3. The second-order valence-electron chi connectivity index (χ2n) is 7.24. The Labute approximate surface area is 171 Å². The van der Waals surface area contributed by atoms with E-state index in [1.807, 2.05) is 18.2 Å². The summed E-state index contributed by atoms with van der Waals surface area (Å²) in [5, 5.41) is 6.39. The number of nitrogens with one attached hydrogen (secondary N) is 2. The van der Waals surface area contributed by atoms with Gasteiger partial charge in [0.15, 0.2) is 0 Å². The predicted molar refractivity (Wildman–Crippen MR) is 113 cm³/mol. The fourth-order valence-electron chi connectivity index (χ4n) is 3.35. The van der Waals surface area contributed by atoms with E-state index in [4.69, 9.17) is 4.74 Å². The molecule has 1 aromatic heterocycles. The maximum absolute atomic E-state index is 12.6. The van der Waals surface area contributed by atoms with E-state index in [1.54, 1.807) is 24.1 Å². The first-order chi connectivity index (χ1) is 14.0. The number of anilines is 2. The SMILES string of the molecule is CCOC(=O)N1CCC(NC(=O)c2cc(Nc3cccc(C)c3C)ccn2)CC1. The molecule has 0 radical (unpaired) electrons. The number of rotatable bonds is 5. The van der Waals surface area contributed by atoms with Crippen LogP contribution in [0.5, 0.6) is 0 Å². The van der Waals surface area contributed by atoms with Gasteiger partial charge in [0.2, 0.25) is 0 Å². The van der Waals surface area contributed by atoms with Crippen LogP contribution in [0, 0.1) is 13.8 Å². The molecule has 0 unspecified atom stereocenters. The third kappa shape index (κ3) is 5.25. The van der Waals surface area contributed by atoms with E-state index in [9.17, 15) is 9.59 Å². The molecule has 2 amide bonds. The van der Waals surface area contributed by atoms with Crippen LogP contribution in [0.4, 0.5) is 16.2 Å². The quantitative estimate of drug-likeness (QED) is 0.803. The van der Waals surface area contributed by atoms with Gasteiger partial charge in [-0.05, 0) is 62.9 Å². The Morgan fingerprint density at radius 3 is 2.69 bits per heavy atom. The zero-order chi connectivity index (χ0) is 20.8. The van der Waals surface area contributed by atoms with Crippen molar-refractivity contribution in [2.45, 2.75) is 39.7 Å². The van der Waals surface area contributed by atoms with Gasteiger partial charge >= 0.3 is 6.09 Å². The zero-order valence-electron chi connectivity index (χ0n) is 17.2. The van der Waals surface area contributed by atoms with Crippen molar-refractivity contribution in [1.29, 1.82) is 0 Å². The van der Waals surface area contributed by atoms with Crippen LogP contribution in [0.25, 0.3) is 0 Å². The number of hydrogen-bond acceptors (Lipinski definition) is 5. The number of ether oxygens (including phenoxy) is 1. The van der Waals surface area contributed by atoms with Crippen LogP contribution < -0.4 is 10.6 Å². The van der Waals surface area contributed by atoms with Crippen LogP contribution in [-0.4, -0.2) is 47.6 Å². The number of nitrogens with zero attached hydrogens (tertiary/aromatic N) is 2. The predicted octanol–water partition coefficient (Wildman–Crippen LogP) is 3.79. The first-order valence-electron chi connectivity index (χ1n) is 9.99. The maximum atomic E-state index is 12.6. The summed E-state index contributed by atoms with van der Waals surface area (Å²) < 4.78 is 5.03. The molecule has 3 rings (SSSR count). The minimum atomic E-state index is -0.288. The highest BCUT2D eigenvalue weighted by Gasteiger charge is 2.25. The normalized spacial score (nSPS) is 14.4. The first-order valence-corrected chi connectivity index (χ1v) is 9.99. The smallest absolute Gasteiger partial charge is 0.409 e. The molecule has 7 nitrogen and oxygen atoms in total. The molecule has 1 fully saturated rings. The van der Waals surface area contributed by atoms with Gasteiger partial charge in [0, 0.05) is 36.7 Å². The summed E-state index contributed by atoms with van der Waals surface area (Å²) in [5.74, 6) is -0.204. The molecule has 2 heterocycles. The highest BCUT2D eigenvalue weighted by molar-refractivity contribution is 5.93. The van der Waals surface area contributed by atoms with E-state index in [0.29, 0.717) is 38.2 Å². The number of pyridine rings is 1. The monoisotopic (exact) mass is 396 g/mol. The van der Waals surface area contributed by atoms with Crippen LogP contribution in [0.3, 0.4) is 0 Å². The van der Waals surface area contributed by atoms with Crippen molar-refractivity contribution < 1.29 is 14.3 Å². The summed E-state index contributed by atoms with van der Waals surface area (Å²) >= 11 is 0. The van der Waals surface area contributed by atoms with Crippen molar-refractivity contribution in [1.82, 2.24) is 15.2 Å². The molecule has 0 saturated carbocycles. The number of likely N-dealkylation sites (tertiary alicyclic amines) is 1. The minimum Gasteiger partial charge on any atom is -0.450 e. The Balaban J connectivity index is 1.59. The fourth-order valence-corrected chi connectivity index (χ4v) is 3.35. The third-order valence-electron chi connectivity index (χ3n) is 5.23. The highest BCUT2D eigenvalue weighted by Crippen LogP contribution is 2.23. The Kier molecular flexibility index (Phi) is 6.69. The van der Waals surface area contributed by atoms with Crippen molar-refractivity contribution in [3.8, 4) is 0 Å². The third-order valence-corrected chi connectivity index (χ3v) is 5.23. The largest absolute Gasteiger partial charge is 0.450 e. The van der Waals surface area contributed by atoms with Gasteiger partial charge in [-0.1, -0.05) is 12.1 Å². The zero-order valence-corrected chi connectivity index (χ0v) is 17.2. The summed E-state index contributed by atoms with van der Waals surface area (Å²) in [6, 6.07) is 9.70. The Morgan fingerprint density at radius 2 is 1.97 bits per heavy atom. The van der Waals surface area contributed by atoms with Gasteiger partial charge in [-0.25, -0.2) is 4.79 Å². The molecule has 0 aliphatic carbocycles.